The molecule has 2 aliphatic heterocycles. The number of halogens is 1. The largest absolute Gasteiger partial charge is 0.569 e. The number of rotatable bonds is 8. The second-order valence-electron chi connectivity index (χ2n) is 9.14. The van der Waals surface area contributed by atoms with Crippen molar-refractivity contribution in [1.29, 1.82) is 0 Å². The minimum Gasteiger partial charge on any atom is -0.569 e. The van der Waals surface area contributed by atoms with Gasteiger partial charge in [-0.05, 0) is 55.4 Å². The predicted molar refractivity (Wildman–Crippen MR) is 124 cm³/mol. The molecule has 10 heteroatoms. The maximum Gasteiger partial charge on any atom is 0.340 e. The molecular formula is C24H29ClN4O5. The molecule has 1 saturated heterocycles. The first-order valence-electron chi connectivity index (χ1n) is 11.4. The molecule has 0 saturated carbocycles. The maximum atomic E-state index is 12.9. The highest BCUT2D eigenvalue weighted by atomic mass is 35.5. The highest BCUT2D eigenvalue weighted by Crippen LogP contribution is 2.47. The molecule has 0 unspecified atom stereocenters. The van der Waals surface area contributed by atoms with Gasteiger partial charge in [-0.15, -0.1) is 5.01 Å². The number of carbonyl (C=O) groups is 1. The zero-order valence-corrected chi connectivity index (χ0v) is 20.3. The number of nitrogens with zero attached hydrogens (tertiary/aromatic N) is 4. The zero-order chi connectivity index (χ0) is 24.5. The van der Waals surface area contributed by atoms with E-state index < -0.39 is 17.6 Å². The molecule has 2 aromatic rings. The Labute approximate surface area is 203 Å². The van der Waals surface area contributed by atoms with Crippen molar-refractivity contribution < 1.29 is 24.4 Å². The number of ether oxygens (including phenoxy) is 1. The summed E-state index contributed by atoms with van der Waals surface area (Å²) in [5.74, 6) is -0.731. The van der Waals surface area contributed by atoms with Crippen LogP contribution in [0.15, 0.2) is 35.7 Å². The Morgan fingerprint density at radius 3 is 2.85 bits per heavy atom. The van der Waals surface area contributed by atoms with Crippen LogP contribution in [0.5, 0.6) is 0 Å². The third-order valence-corrected chi connectivity index (χ3v) is 6.75. The summed E-state index contributed by atoms with van der Waals surface area (Å²) in [6.45, 7) is 6.57. The second-order valence-corrected chi connectivity index (χ2v) is 9.57. The van der Waals surface area contributed by atoms with Gasteiger partial charge in [-0.2, -0.15) is 0 Å². The van der Waals surface area contributed by atoms with E-state index in [4.69, 9.17) is 21.2 Å². The summed E-state index contributed by atoms with van der Waals surface area (Å²) in [7, 11) is 0. The Bertz CT molecular complexity index is 1090. The summed E-state index contributed by atoms with van der Waals surface area (Å²) in [6, 6.07) is 7.33. The van der Waals surface area contributed by atoms with Gasteiger partial charge in [0.15, 0.2) is 0 Å². The van der Waals surface area contributed by atoms with Crippen LogP contribution in [0.25, 0.3) is 0 Å². The van der Waals surface area contributed by atoms with Gasteiger partial charge in [0.1, 0.15) is 12.7 Å². The standard InChI is InChI=1S/C24H29ClN4O5/c1-15(2)9-12-34-27-29(32)28-11-4-10-24(28,23(30)31)21-16(3)26-13-19-20(21)14-33-22(19)17-5-7-18(25)8-6-17/h5-8,13,15,22H,4,9-12,14H2,1-3H3,(H,30,31)/t22-,24+/m0/s1. The van der Waals surface area contributed by atoms with E-state index >= 15 is 0 Å². The summed E-state index contributed by atoms with van der Waals surface area (Å²) in [6.07, 6.45) is 2.82. The predicted octanol–water partition coefficient (Wildman–Crippen LogP) is 4.89. The maximum absolute atomic E-state index is 12.9. The van der Waals surface area contributed by atoms with E-state index in [0.717, 1.165) is 23.1 Å². The molecule has 1 fully saturated rings. The molecule has 1 aromatic carbocycles. The third-order valence-electron chi connectivity index (χ3n) is 6.50. The average molecular weight is 489 g/mol. The van der Waals surface area contributed by atoms with Gasteiger partial charge < -0.3 is 19.9 Å². The number of aromatic nitrogens is 1. The van der Waals surface area contributed by atoms with Gasteiger partial charge in [0, 0.05) is 28.0 Å². The van der Waals surface area contributed by atoms with Crippen LogP contribution in [0.2, 0.25) is 5.02 Å². The summed E-state index contributed by atoms with van der Waals surface area (Å²) in [4.78, 5) is 22.8. The number of pyridine rings is 1. The molecule has 0 aliphatic carbocycles. The Kier molecular flexibility index (Phi) is 6.95. The van der Waals surface area contributed by atoms with Crippen molar-refractivity contribution >= 4 is 17.6 Å². The molecular weight excluding hydrogens is 460 g/mol. The van der Waals surface area contributed by atoms with Crippen molar-refractivity contribution in [2.75, 3.05) is 13.2 Å². The number of aryl methyl sites for hydroxylation is 1. The highest BCUT2D eigenvalue weighted by molar-refractivity contribution is 6.30. The van der Waals surface area contributed by atoms with Crippen molar-refractivity contribution in [2.45, 2.75) is 58.3 Å². The van der Waals surface area contributed by atoms with Crippen molar-refractivity contribution in [3.63, 3.8) is 0 Å². The van der Waals surface area contributed by atoms with Gasteiger partial charge in [0.2, 0.25) is 10.8 Å². The Hall–Kier alpha value is -2.91. The minimum absolute atomic E-state index is 0.213. The lowest BCUT2D eigenvalue weighted by molar-refractivity contribution is -0.722. The molecule has 2 aliphatic rings. The average Bonchev–Trinajstić information content (AvgIpc) is 3.42. The van der Waals surface area contributed by atoms with E-state index in [0.29, 0.717) is 28.6 Å². The van der Waals surface area contributed by atoms with E-state index in [9.17, 15) is 15.1 Å². The van der Waals surface area contributed by atoms with E-state index in [2.05, 4.69) is 10.3 Å². The van der Waals surface area contributed by atoms with E-state index in [1.54, 1.807) is 25.3 Å². The lowest BCUT2D eigenvalue weighted by Gasteiger charge is -2.32. The number of hydrogen-bond donors (Lipinski definition) is 1. The van der Waals surface area contributed by atoms with Crippen LogP contribution in [-0.4, -0.2) is 39.2 Å². The Morgan fingerprint density at radius 2 is 2.18 bits per heavy atom. The van der Waals surface area contributed by atoms with Gasteiger partial charge in [0.05, 0.1) is 18.1 Å². The molecule has 2 atom stereocenters. The van der Waals surface area contributed by atoms with Crippen molar-refractivity contribution in [3.8, 4) is 0 Å². The van der Waals surface area contributed by atoms with Crippen LogP contribution in [0.3, 0.4) is 0 Å². The molecule has 0 bridgehead atoms. The first-order chi connectivity index (χ1) is 16.3. The fourth-order valence-corrected chi connectivity index (χ4v) is 4.93. The molecule has 3 heterocycles. The van der Waals surface area contributed by atoms with Crippen molar-refractivity contribution in [1.82, 2.24) is 9.99 Å². The molecule has 4 rings (SSSR count). The monoisotopic (exact) mass is 488 g/mol. The topological polar surface area (TPSA) is 110 Å². The van der Waals surface area contributed by atoms with Gasteiger partial charge in [-0.25, -0.2) is 4.79 Å². The third kappa shape index (κ3) is 4.30. The Balaban J connectivity index is 1.74. The molecule has 1 aromatic heterocycles. The van der Waals surface area contributed by atoms with Crippen LogP contribution in [0.1, 0.15) is 67.2 Å². The number of carboxylic acids is 1. The van der Waals surface area contributed by atoms with Crippen molar-refractivity contribution in [2.24, 2.45) is 11.2 Å². The van der Waals surface area contributed by atoms with Gasteiger partial charge in [0.25, 0.3) is 0 Å². The van der Waals surface area contributed by atoms with E-state index in [-0.39, 0.29) is 31.1 Å². The zero-order valence-electron chi connectivity index (χ0n) is 19.5. The summed E-state index contributed by atoms with van der Waals surface area (Å²) in [5, 5.41) is 28.9. The van der Waals surface area contributed by atoms with Crippen molar-refractivity contribution in [3.05, 3.63) is 68.6 Å². The molecule has 0 amide bonds. The lowest BCUT2D eigenvalue weighted by Crippen LogP contribution is -2.51. The van der Waals surface area contributed by atoms with Gasteiger partial charge >= 0.3 is 5.97 Å². The van der Waals surface area contributed by atoms with Crippen LogP contribution in [0.4, 0.5) is 0 Å². The van der Waals surface area contributed by atoms with Crippen LogP contribution < -0.4 is 0 Å². The summed E-state index contributed by atoms with van der Waals surface area (Å²) >= 11 is 6.03. The summed E-state index contributed by atoms with van der Waals surface area (Å²) < 4.78 is 6.09. The van der Waals surface area contributed by atoms with Crippen LogP contribution >= 0.6 is 11.6 Å². The minimum atomic E-state index is -1.62. The lowest BCUT2D eigenvalue weighted by atomic mass is 9.82. The highest BCUT2D eigenvalue weighted by Gasteiger charge is 2.57. The number of benzene rings is 1. The molecule has 182 valence electrons. The smallest absolute Gasteiger partial charge is 0.340 e. The quantitative estimate of drug-likeness (QED) is 0.243. The first kappa shape index (κ1) is 24.2. The fourth-order valence-electron chi connectivity index (χ4n) is 4.81. The Morgan fingerprint density at radius 1 is 1.44 bits per heavy atom. The van der Waals surface area contributed by atoms with Crippen LogP contribution in [0, 0.1) is 18.0 Å². The normalized spacial score (nSPS) is 22.3. The second kappa shape index (κ2) is 9.76. The number of carboxylic acid groups (broad SMARTS) is 1. The number of fused-ring (bicyclic) bond motifs is 1. The van der Waals surface area contributed by atoms with Crippen LogP contribution in [-0.2, 0) is 26.5 Å². The molecule has 0 radical (unpaired) electrons. The van der Waals surface area contributed by atoms with E-state index in [1.807, 2.05) is 26.0 Å². The molecule has 34 heavy (non-hydrogen) atoms. The van der Waals surface area contributed by atoms with Gasteiger partial charge in [-0.1, -0.05) is 37.6 Å². The number of hydrazine groups is 1. The molecule has 9 nitrogen and oxygen atoms in total. The SMILES string of the molecule is Cc1ncc2c(c1[C@@]1(C(=O)O)CCCN1[N+]([O-])=NOCCC(C)C)CO[C@H]2c1ccc(Cl)cc1. The number of aliphatic carboxylic acids is 1. The van der Waals surface area contributed by atoms with E-state index in [1.165, 1.54) is 5.01 Å². The number of hydrogen-bond acceptors (Lipinski definition) is 6. The molecule has 1 N–H and O–H groups in total. The molecule has 0 spiro atoms. The summed E-state index contributed by atoms with van der Waals surface area (Å²) in [5.41, 5.74) is 1.85. The first-order valence-corrected chi connectivity index (χ1v) is 11.8. The fraction of sp³-hybridized carbons (Fsp3) is 0.500. The van der Waals surface area contributed by atoms with Gasteiger partial charge in [-0.3, -0.25) is 4.98 Å².